The van der Waals surface area contributed by atoms with Crippen molar-refractivity contribution in [3.05, 3.63) is 113 Å². The van der Waals surface area contributed by atoms with Crippen molar-refractivity contribution in [3.63, 3.8) is 0 Å². The van der Waals surface area contributed by atoms with E-state index in [1.807, 2.05) is 84.9 Å². The summed E-state index contributed by atoms with van der Waals surface area (Å²) in [5.74, 6) is -4.79. The van der Waals surface area contributed by atoms with Gasteiger partial charge in [0.25, 0.3) is 0 Å². The number of hydrogen-bond donors (Lipinski definition) is 1. The largest absolute Gasteiger partial charge is 0.458 e. The van der Waals surface area contributed by atoms with Gasteiger partial charge in [-0.05, 0) is 66.5 Å². The molecule has 0 spiro atoms. The molecular weight excluding hydrogens is 801 g/mol. The first kappa shape index (κ1) is 44.0. The summed E-state index contributed by atoms with van der Waals surface area (Å²) in [7, 11) is 0. The number of esters is 4. The van der Waals surface area contributed by atoms with Crippen LogP contribution in [0.3, 0.4) is 0 Å². The Morgan fingerprint density at radius 3 is 2.05 bits per heavy atom. The highest BCUT2D eigenvalue weighted by Gasteiger charge is 2.78. The molecule has 1 saturated heterocycles. The van der Waals surface area contributed by atoms with Crippen molar-refractivity contribution < 1.29 is 57.5 Å². The van der Waals surface area contributed by atoms with Crippen LogP contribution in [0.5, 0.6) is 0 Å². The predicted octanol–water partition coefficient (Wildman–Crippen LogP) is 7.00. The molecule has 61 heavy (non-hydrogen) atoms. The average Bonchev–Trinajstić information content (AvgIpc) is 3.20. The van der Waals surface area contributed by atoms with Gasteiger partial charge in [-0.25, -0.2) is 4.79 Å². The molecule has 4 aliphatic rings. The fraction of sp³-hybridized carbons (Fsp3) is 0.438. The van der Waals surface area contributed by atoms with Crippen LogP contribution in [0.1, 0.15) is 72.4 Å². The van der Waals surface area contributed by atoms with Crippen LogP contribution in [0.4, 0.5) is 0 Å². The predicted molar refractivity (Wildman–Crippen MR) is 224 cm³/mol. The van der Waals surface area contributed by atoms with Gasteiger partial charge >= 0.3 is 23.9 Å². The van der Waals surface area contributed by atoms with Crippen LogP contribution in [-0.2, 0) is 59.0 Å². The van der Waals surface area contributed by atoms with E-state index in [9.17, 15) is 24.3 Å². The summed E-state index contributed by atoms with van der Waals surface area (Å²) < 4.78 is 37.4. The molecule has 13 heteroatoms. The molecule has 3 aromatic carbocycles. The highest BCUT2D eigenvalue weighted by molar-refractivity contribution is 7.99. The molecule has 12 nitrogen and oxygen atoms in total. The minimum absolute atomic E-state index is 0.0498. The Kier molecular flexibility index (Phi) is 12.3. The molecule has 322 valence electrons. The summed E-state index contributed by atoms with van der Waals surface area (Å²) in [4.78, 5) is 70.7. The number of aliphatic hydroxyl groups is 1. The Hall–Kier alpha value is -5.08. The van der Waals surface area contributed by atoms with Crippen LogP contribution in [0, 0.1) is 16.7 Å². The Morgan fingerprint density at radius 1 is 0.836 bits per heavy atom. The lowest BCUT2D eigenvalue weighted by atomic mass is 9.44. The van der Waals surface area contributed by atoms with Gasteiger partial charge in [-0.15, -0.1) is 0 Å². The third kappa shape index (κ3) is 8.09. The molecule has 0 aromatic heterocycles. The number of carbonyl (C=O) groups excluding carboxylic acids is 5. The number of hydrogen-bond acceptors (Lipinski definition) is 13. The minimum Gasteiger partial charge on any atom is -0.458 e. The molecule has 3 fully saturated rings. The number of Topliss-reactive ketones (excluding diaryl/α,β-unsaturated/α-hetero) is 1. The lowest BCUT2D eigenvalue weighted by Gasteiger charge is -2.68. The third-order valence-electron chi connectivity index (χ3n) is 13.0. The van der Waals surface area contributed by atoms with E-state index in [0.29, 0.717) is 5.57 Å². The lowest BCUT2D eigenvalue weighted by Crippen LogP contribution is -2.82. The maximum atomic E-state index is 15.9. The molecule has 1 aliphatic heterocycles. The minimum atomic E-state index is -2.01. The van der Waals surface area contributed by atoms with E-state index in [1.165, 1.54) is 26.8 Å². The van der Waals surface area contributed by atoms with Crippen LogP contribution in [-0.4, -0.2) is 83.1 Å². The molecule has 2 bridgehead atoms. The lowest BCUT2D eigenvalue weighted by molar-refractivity contribution is -0.352. The number of fused-ring (bicyclic) bond motifs is 5. The first-order valence-corrected chi connectivity index (χ1v) is 21.2. The van der Waals surface area contributed by atoms with Crippen molar-refractivity contribution in [1.82, 2.24) is 0 Å². The second-order valence-corrected chi connectivity index (χ2v) is 18.3. The van der Waals surface area contributed by atoms with Gasteiger partial charge in [-0.1, -0.05) is 86.3 Å². The molecule has 7 rings (SSSR count). The van der Waals surface area contributed by atoms with Gasteiger partial charge in [0.2, 0.25) is 0 Å². The first-order chi connectivity index (χ1) is 28.9. The molecule has 3 aliphatic carbocycles. The van der Waals surface area contributed by atoms with Gasteiger partial charge in [0.1, 0.15) is 23.9 Å². The maximum Gasteiger partial charge on any atom is 0.331 e. The smallest absolute Gasteiger partial charge is 0.331 e. The van der Waals surface area contributed by atoms with Crippen LogP contribution in [0.25, 0.3) is 6.08 Å². The van der Waals surface area contributed by atoms with Crippen molar-refractivity contribution in [2.75, 3.05) is 6.61 Å². The van der Waals surface area contributed by atoms with Crippen LogP contribution in [0.2, 0.25) is 0 Å². The number of carbonyl (C=O) groups is 5. The van der Waals surface area contributed by atoms with E-state index in [2.05, 4.69) is 0 Å². The van der Waals surface area contributed by atoms with E-state index in [-0.39, 0.29) is 31.6 Å². The number of rotatable bonds is 11. The second kappa shape index (κ2) is 17.0. The Balaban J connectivity index is 1.35. The van der Waals surface area contributed by atoms with E-state index >= 15 is 4.79 Å². The van der Waals surface area contributed by atoms with Crippen molar-refractivity contribution >= 4 is 47.5 Å². The summed E-state index contributed by atoms with van der Waals surface area (Å²) in [5.41, 5.74) is -4.71. The monoisotopic (exact) mass is 852 g/mol. The van der Waals surface area contributed by atoms with Gasteiger partial charge in [0.15, 0.2) is 17.5 Å². The zero-order chi connectivity index (χ0) is 43.9. The summed E-state index contributed by atoms with van der Waals surface area (Å²) in [6.07, 6.45) is -3.63. The summed E-state index contributed by atoms with van der Waals surface area (Å²) in [6.45, 7) is 10.2. The summed E-state index contributed by atoms with van der Waals surface area (Å²) in [6, 6.07) is 26.8. The second-order valence-electron chi connectivity index (χ2n) is 17.1. The molecule has 0 unspecified atom stereocenters. The van der Waals surface area contributed by atoms with Gasteiger partial charge < -0.3 is 33.5 Å². The normalized spacial score (nSPS) is 31.4. The molecule has 3 aromatic rings. The summed E-state index contributed by atoms with van der Waals surface area (Å²) >= 11 is 1.61. The highest BCUT2D eigenvalue weighted by atomic mass is 32.2. The molecule has 9 atom stereocenters. The fourth-order valence-electron chi connectivity index (χ4n) is 10.1. The Morgan fingerprint density at radius 2 is 1.46 bits per heavy atom. The standard InChI is InChI=1S/C48H52O12S/c1-28-36(57-29(2)49)25-48(54)44(55-26-33-14-10-8-11-15-33)42-46(7,43(53)41(58-30(3)50)40(28)45(48,5)6)37(24-38-47(42,27-56-38)60-31(4)51)59-39(52)23-20-32-18-21-35(22-19-32)61-34-16-12-9-13-17-34/h8-23,36-38,41-42,44,54H,24-27H2,1-7H3/b23-20+/t36-,37-,38+,41+,42-,44-,46+,47-,48+/m0/s1. The Bertz CT molecular complexity index is 2240. The molecule has 1 N–H and O–H groups in total. The fourth-order valence-corrected chi connectivity index (χ4v) is 10.9. The average molecular weight is 853 g/mol. The van der Waals surface area contributed by atoms with E-state index in [1.54, 1.807) is 45.5 Å². The molecule has 2 saturated carbocycles. The topological polar surface area (TPSA) is 161 Å². The number of benzene rings is 3. The van der Waals surface area contributed by atoms with Gasteiger partial charge in [0.05, 0.1) is 24.7 Å². The zero-order valence-electron chi connectivity index (χ0n) is 35.4. The quantitative estimate of drug-likeness (QED) is 0.0910. The number of ether oxygens (including phenoxy) is 6. The van der Waals surface area contributed by atoms with E-state index < -0.39 is 88.1 Å². The SMILES string of the molecule is CC(=O)O[C@H]1C(=O)[C@]2(C)[C@@H](OC(=O)/C=C/c3ccc(Sc4ccccc4)cc3)C[C@H]3OC[C@@]3(OC(C)=O)[C@H]2[C@H](OCc2ccccc2)[C@]2(O)C[C@H](OC(C)=O)C(C)=C1C2(C)C. The van der Waals surface area contributed by atoms with Crippen molar-refractivity contribution in [1.29, 1.82) is 0 Å². The molecule has 0 amide bonds. The summed E-state index contributed by atoms with van der Waals surface area (Å²) in [5, 5.41) is 13.6. The van der Waals surface area contributed by atoms with Crippen molar-refractivity contribution in [2.45, 2.75) is 119 Å². The molecule has 0 radical (unpaired) electrons. The zero-order valence-corrected chi connectivity index (χ0v) is 36.2. The molecular formula is C48H52O12S. The molecule has 1 heterocycles. The van der Waals surface area contributed by atoms with E-state index in [0.717, 1.165) is 20.9 Å². The number of ketones is 1. The van der Waals surface area contributed by atoms with E-state index in [4.69, 9.17) is 28.4 Å². The van der Waals surface area contributed by atoms with Crippen LogP contribution in [0.15, 0.2) is 112 Å². The van der Waals surface area contributed by atoms with Crippen LogP contribution < -0.4 is 0 Å². The first-order valence-electron chi connectivity index (χ1n) is 20.4. The van der Waals surface area contributed by atoms with Gasteiger partial charge in [0, 0.05) is 60.8 Å². The third-order valence-corrected chi connectivity index (χ3v) is 14.0. The van der Waals surface area contributed by atoms with Crippen LogP contribution >= 0.6 is 11.8 Å². The van der Waals surface area contributed by atoms with Crippen molar-refractivity contribution in [3.8, 4) is 0 Å². The van der Waals surface area contributed by atoms with Crippen molar-refractivity contribution in [2.24, 2.45) is 16.7 Å². The maximum absolute atomic E-state index is 15.9. The van der Waals surface area contributed by atoms with Gasteiger partial charge in [-0.3, -0.25) is 19.2 Å². The Labute approximate surface area is 359 Å². The van der Waals surface area contributed by atoms with Gasteiger partial charge in [-0.2, -0.15) is 0 Å². The highest BCUT2D eigenvalue weighted by Crippen LogP contribution is 2.65.